The number of aryl methyl sites for hydroxylation is 1. The minimum Gasteiger partial charge on any atom is -0.399 e. The monoisotopic (exact) mass is 536 g/mol. The van der Waals surface area contributed by atoms with Gasteiger partial charge in [0.1, 0.15) is 0 Å². The van der Waals surface area contributed by atoms with Crippen LogP contribution in [-0.4, -0.2) is 12.7 Å². The molecular formula is C36H60N2O. The van der Waals surface area contributed by atoms with Gasteiger partial charge in [0.05, 0.1) is 6.10 Å². The number of fused-ring (bicyclic) bond motifs is 5. The highest BCUT2D eigenvalue weighted by Crippen LogP contribution is 2.68. The molecule has 39 heavy (non-hydrogen) atoms. The van der Waals surface area contributed by atoms with E-state index in [-0.39, 0.29) is 0 Å². The first-order valence-corrected chi connectivity index (χ1v) is 16.9. The molecule has 1 aromatic carbocycles. The van der Waals surface area contributed by atoms with Gasteiger partial charge in [-0.25, -0.2) is 0 Å². The van der Waals surface area contributed by atoms with Gasteiger partial charge in [-0.15, -0.1) is 0 Å². The van der Waals surface area contributed by atoms with E-state index in [9.17, 15) is 0 Å². The van der Waals surface area contributed by atoms with Gasteiger partial charge in [-0.05, 0) is 128 Å². The maximum absolute atomic E-state index is 6.95. The fourth-order valence-electron chi connectivity index (χ4n) is 10.9. The van der Waals surface area contributed by atoms with E-state index >= 15 is 0 Å². The third-order valence-corrected chi connectivity index (χ3v) is 12.8. The third-order valence-electron chi connectivity index (χ3n) is 12.8. The Morgan fingerprint density at radius 1 is 0.897 bits per heavy atom. The van der Waals surface area contributed by atoms with E-state index < -0.39 is 0 Å². The Morgan fingerprint density at radius 2 is 1.72 bits per heavy atom. The Balaban J connectivity index is 1.30. The molecule has 0 aromatic heterocycles. The van der Waals surface area contributed by atoms with Crippen LogP contribution >= 0.6 is 0 Å². The average Bonchev–Trinajstić information content (AvgIpc) is 3.19. The van der Waals surface area contributed by atoms with E-state index in [2.05, 4.69) is 40.7 Å². The summed E-state index contributed by atoms with van der Waals surface area (Å²) >= 11 is 0. The van der Waals surface area contributed by atoms with E-state index in [4.69, 9.17) is 16.2 Å². The smallest absolute Gasteiger partial charge is 0.0614 e. The number of nitrogens with two attached hydrogens (primary N) is 2. The summed E-state index contributed by atoms with van der Waals surface area (Å²) < 4.78 is 6.95. The number of benzene rings is 1. The Bertz CT molecular complexity index is 959. The topological polar surface area (TPSA) is 61.3 Å². The van der Waals surface area contributed by atoms with Gasteiger partial charge in [-0.1, -0.05) is 72.8 Å². The molecule has 3 heteroatoms. The predicted octanol–water partition coefficient (Wildman–Crippen LogP) is 9.29. The van der Waals surface area contributed by atoms with Gasteiger partial charge >= 0.3 is 0 Å². The summed E-state index contributed by atoms with van der Waals surface area (Å²) in [7, 11) is 0. The largest absolute Gasteiger partial charge is 0.399 e. The standard InChI is InChI=1S/C36H60N2O/c1-24(2)10-8-11-25(3)34-33(39-21-9-12-26-14-16-28(37)22-32(26)38)23-31-29-17-15-27-13-6-7-19-35(27,4)30(29)18-20-36(31,34)5/h14,16,22,24-25,27,29-31,33-34H,6-13,15,17-21,23,37-38H2,1-5H3/t25-,27?,29-,30+,31+,33?,34+,35+,36+/m1/s1. The molecule has 4 aliphatic carbocycles. The summed E-state index contributed by atoms with van der Waals surface area (Å²) in [6.45, 7) is 13.6. The highest BCUT2D eigenvalue weighted by Gasteiger charge is 2.62. The minimum absolute atomic E-state index is 0.424. The first-order chi connectivity index (χ1) is 18.6. The van der Waals surface area contributed by atoms with Crippen molar-refractivity contribution in [3.63, 3.8) is 0 Å². The zero-order valence-corrected chi connectivity index (χ0v) is 26.0. The maximum Gasteiger partial charge on any atom is 0.0614 e. The maximum atomic E-state index is 6.95. The molecule has 2 unspecified atom stereocenters. The molecule has 0 aliphatic heterocycles. The number of nitrogen functional groups attached to an aromatic ring is 2. The zero-order valence-electron chi connectivity index (χ0n) is 26.0. The van der Waals surface area contributed by atoms with Gasteiger partial charge < -0.3 is 16.2 Å². The molecule has 0 bridgehead atoms. The lowest BCUT2D eigenvalue weighted by atomic mass is 9.44. The molecule has 5 rings (SSSR count). The molecule has 0 radical (unpaired) electrons. The SMILES string of the molecule is CC(C)CCC[C@@H](C)[C@H]1C(OCCCc2ccc(N)cc2N)C[C@H]2[C@@H]3CCC4CCCC[C@]4(C)[C@H]3CC[C@]12C. The molecule has 9 atom stereocenters. The fourth-order valence-corrected chi connectivity index (χ4v) is 10.9. The highest BCUT2D eigenvalue weighted by molar-refractivity contribution is 5.56. The van der Waals surface area contributed by atoms with E-state index in [0.29, 0.717) is 22.9 Å². The molecule has 0 saturated heterocycles. The predicted molar refractivity (Wildman–Crippen MR) is 166 cm³/mol. The Hall–Kier alpha value is -1.22. The van der Waals surface area contributed by atoms with Crippen LogP contribution in [0.1, 0.15) is 124 Å². The van der Waals surface area contributed by atoms with E-state index in [0.717, 1.165) is 66.3 Å². The van der Waals surface area contributed by atoms with Crippen LogP contribution in [0, 0.1) is 52.3 Å². The van der Waals surface area contributed by atoms with Crippen LogP contribution in [0.25, 0.3) is 0 Å². The average molecular weight is 537 g/mol. The van der Waals surface area contributed by atoms with Gasteiger partial charge in [0.2, 0.25) is 0 Å². The molecule has 4 saturated carbocycles. The first kappa shape index (κ1) is 29.3. The Kier molecular flexibility index (Phi) is 8.97. The molecule has 1 aromatic rings. The lowest BCUT2D eigenvalue weighted by Gasteiger charge is -2.60. The van der Waals surface area contributed by atoms with Crippen LogP contribution in [0.2, 0.25) is 0 Å². The number of hydrogen-bond donors (Lipinski definition) is 2. The van der Waals surface area contributed by atoms with Crippen molar-refractivity contribution in [2.45, 2.75) is 131 Å². The molecule has 4 N–H and O–H groups in total. The van der Waals surface area contributed by atoms with Crippen molar-refractivity contribution in [3.8, 4) is 0 Å². The van der Waals surface area contributed by atoms with E-state index in [1.807, 2.05) is 12.1 Å². The minimum atomic E-state index is 0.424. The van der Waals surface area contributed by atoms with Crippen LogP contribution in [0.4, 0.5) is 11.4 Å². The third kappa shape index (κ3) is 5.77. The number of ether oxygens (including phenoxy) is 1. The van der Waals surface area contributed by atoms with Crippen LogP contribution in [0.5, 0.6) is 0 Å². The van der Waals surface area contributed by atoms with Gasteiger partial charge in [0.15, 0.2) is 0 Å². The molecule has 3 nitrogen and oxygen atoms in total. The zero-order chi connectivity index (χ0) is 27.8. The second-order valence-corrected chi connectivity index (χ2v) is 15.5. The Labute approximate surface area is 240 Å². The molecule has 0 heterocycles. The summed E-state index contributed by atoms with van der Waals surface area (Å²) in [6.07, 6.45) is 19.7. The summed E-state index contributed by atoms with van der Waals surface area (Å²) in [5, 5.41) is 0. The van der Waals surface area contributed by atoms with Crippen LogP contribution < -0.4 is 11.5 Å². The molecule has 4 fully saturated rings. The van der Waals surface area contributed by atoms with Crippen molar-refractivity contribution in [3.05, 3.63) is 23.8 Å². The van der Waals surface area contributed by atoms with Crippen molar-refractivity contribution in [2.75, 3.05) is 18.1 Å². The van der Waals surface area contributed by atoms with Crippen molar-refractivity contribution in [1.82, 2.24) is 0 Å². The molecule has 4 aliphatic rings. The van der Waals surface area contributed by atoms with Gasteiger partial charge in [0.25, 0.3) is 0 Å². The van der Waals surface area contributed by atoms with E-state index in [1.54, 1.807) is 0 Å². The van der Waals surface area contributed by atoms with Crippen molar-refractivity contribution >= 4 is 11.4 Å². The lowest BCUT2D eigenvalue weighted by Crippen LogP contribution is -2.53. The Morgan fingerprint density at radius 3 is 2.49 bits per heavy atom. The lowest BCUT2D eigenvalue weighted by molar-refractivity contribution is -0.116. The van der Waals surface area contributed by atoms with E-state index in [1.165, 1.54) is 82.6 Å². The number of rotatable bonds is 10. The van der Waals surface area contributed by atoms with Crippen LogP contribution in [0.3, 0.4) is 0 Å². The fraction of sp³-hybridized carbons (Fsp3) is 0.833. The van der Waals surface area contributed by atoms with Crippen molar-refractivity contribution < 1.29 is 4.74 Å². The summed E-state index contributed by atoms with van der Waals surface area (Å²) in [5.41, 5.74) is 16.0. The van der Waals surface area contributed by atoms with Crippen molar-refractivity contribution in [2.24, 2.45) is 52.3 Å². The highest BCUT2D eigenvalue weighted by atomic mass is 16.5. The second-order valence-electron chi connectivity index (χ2n) is 15.5. The quantitative estimate of drug-likeness (QED) is 0.231. The second kappa shape index (κ2) is 11.9. The van der Waals surface area contributed by atoms with Crippen LogP contribution in [-0.2, 0) is 11.2 Å². The summed E-state index contributed by atoms with van der Waals surface area (Å²) in [4.78, 5) is 0. The molecular weight excluding hydrogens is 476 g/mol. The van der Waals surface area contributed by atoms with Crippen LogP contribution in [0.15, 0.2) is 18.2 Å². The molecule has 0 spiro atoms. The van der Waals surface area contributed by atoms with Gasteiger partial charge in [0, 0.05) is 18.0 Å². The van der Waals surface area contributed by atoms with Crippen molar-refractivity contribution in [1.29, 1.82) is 0 Å². The number of anilines is 2. The summed E-state index contributed by atoms with van der Waals surface area (Å²) in [5.74, 6) is 5.99. The first-order valence-electron chi connectivity index (χ1n) is 16.9. The van der Waals surface area contributed by atoms with Gasteiger partial charge in [-0.3, -0.25) is 0 Å². The molecule has 220 valence electrons. The summed E-state index contributed by atoms with van der Waals surface area (Å²) in [6, 6.07) is 5.96. The normalized spacial score (nSPS) is 38.7. The molecule has 0 amide bonds. The van der Waals surface area contributed by atoms with Gasteiger partial charge in [-0.2, -0.15) is 0 Å². The number of hydrogen-bond acceptors (Lipinski definition) is 3.